The number of carbonyl (C=O) groups is 2. The third kappa shape index (κ3) is 6.39. The first kappa shape index (κ1) is 23.2. The summed E-state index contributed by atoms with van der Waals surface area (Å²) in [4.78, 5) is 34.9. The molecule has 11 heteroatoms. The third-order valence-electron chi connectivity index (χ3n) is 2.89. The standard InChI is InChI=1S/C17H21F3N2O6/c1-15(2,3)27-13(23)21(14(24)28-16(4,5)6)12-8-7-10(22(25)26)9-11(12)17(18,19)20/h7-9H,1-6H3. The molecule has 0 N–H and O–H groups in total. The van der Waals surface area contributed by atoms with Gasteiger partial charge in [-0.1, -0.05) is 0 Å². The molecule has 0 unspecified atom stereocenters. The number of halogens is 3. The number of ether oxygens (including phenoxy) is 2. The van der Waals surface area contributed by atoms with Crippen LogP contribution in [0, 0.1) is 10.1 Å². The Morgan fingerprint density at radius 2 is 1.39 bits per heavy atom. The van der Waals surface area contributed by atoms with E-state index >= 15 is 0 Å². The fraction of sp³-hybridized carbons (Fsp3) is 0.529. The molecule has 2 amide bonds. The van der Waals surface area contributed by atoms with Crippen molar-refractivity contribution in [2.24, 2.45) is 0 Å². The number of anilines is 1. The normalized spacial score (nSPS) is 12.3. The third-order valence-corrected chi connectivity index (χ3v) is 2.89. The predicted octanol–water partition coefficient (Wildman–Crippen LogP) is 5.29. The number of imide groups is 1. The summed E-state index contributed by atoms with van der Waals surface area (Å²) in [6.45, 7) is 8.74. The Kier molecular flexibility index (Phi) is 6.33. The van der Waals surface area contributed by atoms with Crippen LogP contribution in [0.15, 0.2) is 18.2 Å². The van der Waals surface area contributed by atoms with Crippen LogP contribution in [0.5, 0.6) is 0 Å². The fourth-order valence-corrected chi connectivity index (χ4v) is 1.95. The van der Waals surface area contributed by atoms with Crippen LogP contribution in [0.2, 0.25) is 0 Å². The van der Waals surface area contributed by atoms with Crippen LogP contribution in [-0.2, 0) is 15.7 Å². The van der Waals surface area contributed by atoms with Gasteiger partial charge in [0, 0.05) is 12.1 Å². The second-order valence-corrected chi connectivity index (χ2v) is 7.75. The van der Waals surface area contributed by atoms with Crippen molar-refractivity contribution in [2.75, 3.05) is 4.90 Å². The number of hydrogen-bond acceptors (Lipinski definition) is 6. The molecule has 0 atom stereocenters. The number of non-ortho nitro benzene ring substituents is 1. The summed E-state index contributed by atoms with van der Waals surface area (Å²) >= 11 is 0. The van der Waals surface area contributed by atoms with Gasteiger partial charge in [-0.2, -0.15) is 18.1 Å². The topological polar surface area (TPSA) is 99.0 Å². The van der Waals surface area contributed by atoms with Crippen molar-refractivity contribution in [3.63, 3.8) is 0 Å². The minimum Gasteiger partial charge on any atom is -0.443 e. The quantitative estimate of drug-likeness (QED) is 0.489. The van der Waals surface area contributed by atoms with Gasteiger partial charge in [0.1, 0.15) is 11.2 Å². The molecule has 0 spiro atoms. The second-order valence-electron chi connectivity index (χ2n) is 7.75. The van der Waals surface area contributed by atoms with Gasteiger partial charge < -0.3 is 9.47 Å². The van der Waals surface area contributed by atoms with Crippen molar-refractivity contribution >= 4 is 23.6 Å². The molecule has 8 nitrogen and oxygen atoms in total. The molecule has 156 valence electrons. The van der Waals surface area contributed by atoms with Gasteiger partial charge in [-0.15, -0.1) is 0 Å². The van der Waals surface area contributed by atoms with E-state index in [1.165, 1.54) is 41.5 Å². The van der Waals surface area contributed by atoms with Crippen LogP contribution >= 0.6 is 0 Å². The summed E-state index contributed by atoms with van der Waals surface area (Å²) < 4.78 is 50.5. The Balaban J connectivity index is 3.62. The smallest absolute Gasteiger partial charge is 0.424 e. The Labute approximate surface area is 159 Å². The lowest BCUT2D eigenvalue weighted by Gasteiger charge is -2.29. The van der Waals surface area contributed by atoms with Gasteiger partial charge in [-0.05, 0) is 47.6 Å². The summed E-state index contributed by atoms with van der Waals surface area (Å²) in [7, 11) is 0. The molecule has 0 bridgehead atoms. The highest BCUT2D eigenvalue weighted by atomic mass is 19.4. The molecular formula is C17H21F3N2O6. The van der Waals surface area contributed by atoms with E-state index in [-0.39, 0.29) is 11.0 Å². The number of nitrogens with zero attached hydrogens (tertiary/aromatic N) is 2. The van der Waals surface area contributed by atoms with E-state index in [1.807, 2.05) is 0 Å². The summed E-state index contributed by atoms with van der Waals surface area (Å²) in [5.74, 6) is 0. The summed E-state index contributed by atoms with van der Waals surface area (Å²) in [6.07, 6.45) is -7.92. The second kappa shape index (κ2) is 7.64. The molecule has 0 saturated heterocycles. The first-order valence-corrected chi connectivity index (χ1v) is 8.04. The Morgan fingerprint density at radius 3 is 1.71 bits per heavy atom. The Morgan fingerprint density at radius 1 is 0.964 bits per heavy atom. The van der Waals surface area contributed by atoms with Crippen LogP contribution in [-0.4, -0.2) is 28.3 Å². The number of carbonyl (C=O) groups excluding carboxylic acids is 2. The number of benzene rings is 1. The fourth-order valence-electron chi connectivity index (χ4n) is 1.95. The van der Waals surface area contributed by atoms with Crippen LogP contribution in [0.4, 0.5) is 34.1 Å². The van der Waals surface area contributed by atoms with Gasteiger partial charge in [0.05, 0.1) is 16.2 Å². The van der Waals surface area contributed by atoms with Crippen LogP contribution < -0.4 is 4.90 Å². The molecule has 0 aliphatic rings. The van der Waals surface area contributed by atoms with Crippen LogP contribution in [0.25, 0.3) is 0 Å². The molecule has 0 aliphatic carbocycles. The highest BCUT2D eigenvalue weighted by molar-refractivity contribution is 6.10. The molecule has 0 fully saturated rings. The maximum Gasteiger partial charge on any atom is 0.424 e. The van der Waals surface area contributed by atoms with Crippen LogP contribution in [0.1, 0.15) is 47.1 Å². The predicted molar refractivity (Wildman–Crippen MR) is 93.0 cm³/mol. The SMILES string of the molecule is CC(C)(C)OC(=O)N(C(=O)OC(C)(C)C)c1ccc([N+](=O)[O-])cc1C(F)(F)F. The monoisotopic (exact) mass is 406 g/mol. The Hall–Kier alpha value is -2.85. The minimum absolute atomic E-state index is 0.0725. The lowest BCUT2D eigenvalue weighted by Crippen LogP contribution is -2.44. The minimum atomic E-state index is -5.09. The van der Waals surface area contributed by atoms with Crippen molar-refractivity contribution in [2.45, 2.75) is 58.9 Å². The molecule has 0 aromatic heterocycles. The van der Waals surface area contributed by atoms with Gasteiger partial charge in [0.15, 0.2) is 0 Å². The molecule has 0 aliphatic heterocycles. The number of rotatable bonds is 2. The number of hydrogen-bond donors (Lipinski definition) is 0. The van der Waals surface area contributed by atoms with Crippen molar-refractivity contribution in [3.8, 4) is 0 Å². The molecule has 28 heavy (non-hydrogen) atoms. The lowest BCUT2D eigenvalue weighted by atomic mass is 10.1. The highest BCUT2D eigenvalue weighted by Gasteiger charge is 2.42. The summed E-state index contributed by atoms with van der Waals surface area (Å²) in [5.41, 5.74) is -5.61. The zero-order chi connectivity index (χ0) is 22.1. The van der Waals surface area contributed by atoms with E-state index in [0.717, 1.165) is 6.07 Å². The molecule has 1 aromatic rings. The van der Waals surface area contributed by atoms with Crippen molar-refractivity contribution in [1.29, 1.82) is 0 Å². The van der Waals surface area contributed by atoms with E-state index in [1.54, 1.807) is 0 Å². The average Bonchev–Trinajstić information content (AvgIpc) is 2.42. The zero-order valence-corrected chi connectivity index (χ0v) is 16.2. The lowest BCUT2D eigenvalue weighted by molar-refractivity contribution is -0.385. The molecular weight excluding hydrogens is 385 g/mol. The zero-order valence-electron chi connectivity index (χ0n) is 16.2. The van der Waals surface area contributed by atoms with Crippen LogP contribution in [0.3, 0.4) is 0 Å². The molecule has 0 saturated carbocycles. The molecule has 0 radical (unpaired) electrons. The molecule has 1 rings (SSSR count). The van der Waals surface area contributed by atoms with Gasteiger partial charge >= 0.3 is 18.4 Å². The van der Waals surface area contributed by atoms with E-state index in [0.29, 0.717) is 6.07 Å². The molecule has 1 aromatic carbocycles. The number of amides is 2. The van der Waals surface area contributed by atoms with Crippen molar-refractivity contribution < 1.29 is 37.2 Å². The number of nitro benzene ring substituents is 1. The first-order valence-electron chi connectivity index (χ1n) is 8.04. The van der Waals surface area contributed by atoms with E-state index < -0.39 is 51.4 Å². The highest BCUT2D eigenvalue weighted by Crippen LogP contribution is 2.39. The Bertz CT molecular complexity index is 751. The summed E-state index contributed by atoms with van der Waals surface area (Å²) in [5, 5.41) is 10.8. The van der Waals surface area contributed by atoms with E-state index in [2.05, 4.69) is 0 Å². The van der Waals surface area contributed by atoms with Gasteiger partial charge in [0.2, 0.25) is 0 Å². The van der Waals surface area contributed by atoms with E-state index in [9.17, 15) is 32.9 Å². The average molecular weight is 406 g/mol. The van der Waals surface area contributed by atoms with Crippen molar-refractivity contribution in [3.05, 3.63) is 33.9 Å². The maximum absolute atomic E-state index is 13.5. The van der Waals surface area contributed by atoms with E-state index in [4.69, 9.17) is 9.47 Å². The van der Waals surface area contributed by atoms with Gasteiger partial charge in [-0.25, -0.2) is 9.59 Å². The van der Waals surface area contributed by atoms with Gasteiger partial charge in [-0.3, -0.25) is 10.1 Å². The van der Waals surface area contributed by atoms with Gasteiger partial charge in [0.25, 0.3) is 5.69 Å². The number of nitro groups is 1. The largest absolute Gasteiger partial charge is 0.443 e. The summed E-state index contributed by atoms with van der Waals surface area (Å²) in [6, 6.07) is 1.62. The first-order chi connectivity index (χ1) is 12.4. The maximum atomic E-state index is 13.5. The molecule has 0 heterocycles. The number of alkyl halides is 3. The van der Waals surface area contributed by atoms with Crippen molar-refractivity contribution in [1.82, 2.24) is 0 Å².